The van der Waals surface area contributed by atoms with Crippen molar-refractivity contribution in [3.05, 3.63) is 63.4 Å². The van der Waals surface area contributed by atoms with Crippen LogP contribution in [0.5, 0.6) is 0 Å². The fourth-order valence-corrected chi connectivity index (χ4v) is 3.88. The maximum Gasteiger partial charge on any atom is 0.321 e. The van der Waals surface area contributed by atoms with Gasteiger partial charge in [0, 0.05) is 43.9 Å². The number of likely N-dealkylation sites (tertiary alicyclic amines) is 1. The SMILES string of the molecule is Cn1c(C2CCN(C(=O)Nc3cccc(Cl)c3F)CC2)cc(=O)n2nccc12. The number of nitrogens with zero attached hydrogens (tertiary/aromatic N) is 4. The molecule has 146 valence electrons. The van der Waals surface area contributed by atoms with E-state index in [1.54, 1.807) is 29.3 Å². The maximum atomic E-state index is 14.0. The van der Waals surface area contributed by atoms with Crippen molar-refractivity contribution in [1.29, 1.82) is 0 Å². The minimum Gasteiger partial charge on any atom is -0.333 e. The normalized spacial score (nSPS) is 15.2. The Morgan fingerprint density at radius 2 is 2.04 bits per heavy atom. The van der Waals surface area contributed by atoms with Crippen LogP contribution in [0.25, 0.3) is 5.65 Å². The zero-order valence-corrected chi connectivity index (χ0v) is 16.0. The molecule has 7 nitrogen and oxygen atoms in total. The van der Waals surface area contributed by atoms with E-state index >= 15 is 0 Å². The number of rotatable bonds is 2. The Kier molecular flexibility index (Phi) is 4.80. The number of aryl methyl sites for hydroxylation is 1. The first kappa shape index (κ1) is 18.5. The van der Waals surface area contributed by atoms with Gasteiger partial charge in [0.05, 0.1) is 16.9 Å². The van der Waals surface area contributed by atoms with E-state index in [1.807, 2.05) is 11.6 Å². The number of amides is 2. The highest BCUT2D eigenvalue weighted by Crippen LogP contribution is 2.28. The number of hydrogen-bond donors (Lipinski definition) is 1. The molecular weight excluding hydrogens is 385 g/mol. The number of benzene rings is 1. The summed E-state index contributed by atoms with van der Waals surface area (Å²) < 4.78 is 17.3. The zero-order chi connectivity index (χ0) is 19.8. The summed E-state index contributed by atoms with van der Waals surface area (Å²) in [5.74, 6) is -0.485. The Hall–Kier alpha value is -2.87. The summed E-state index contributed by atoms with van der Waals surface area (Å²) in [6.45, 7) is 1.02. The largest absolute Gasteiger partial charge is 0.333 e. The van der Waals surface area contributed by atoms with Crippen LogP contribution in [0.2, 0.25) is 5.02 Å². The summed E-state index contributed by atoms with van der Waals surface area (Å²) in [7, 11) is 1.91. The molecule has 1 aliphatic rings. The number of fused-ring (bicyclic) bond motifs is 1. The van der Waals surface area contributed by atoms with Crippen LogP contribution in [0.1, 0.15) is 24.5 Å². The van der Waals surface area contributed by atoms with Crippen molar-refractivity contribution in [2.45, 2.75) is 18.8 Å². The van der Waals surface area contributed by atoms with Gasteiger partial charge in [0.2, 0.25) is 0 Å². The van der Waals surface area contributed by atoms with Crippen LogP contribution in [0, 0.1) is 5.82 Å². The summed E-state index contributed by atoms with van der Waals surface area (Å²) in [5, 5.41) is 6.58. The van der Waals surface area contributed by atoms with E-state index in [-0.39, 0.29) is 28.2 Å². The topological polar surface area (TPSA) is 71.6 Å². The fraction of sp³-hybridized carbons (Fsp3) is 0.316. The Labute approximate surface area is 165 Å². The smallest absolute Gasteiger partial charge is 0.321 e. The van der Waals surface area contributed by atoms with Crippen LogP contribution in [-0.4, -0.2) is 38.2 Å². The Balaban J connectivity index is 1.46. The Morgan fingerprint density at radius 1 is 1.29 bits per heavy atom. The molecule has 3 aromatic rings. The van der Waals surface area contributed by atoms with Crippen molar-refractivity contribution in [3.8, 4) is 0 Å². The summed E-state index contributed by atoms with van der Waals surface area (Å²) in [4.78, 5) is 26.4. The van der Waals surface area contributed by atoms with E-state index in [2.05, 4.69) is 10.4 Å². The molecule has 9 heteroatoms. The first-order valence-electron chi connectivity index (χ1n) is 8.99. The lowest BCUT2D eigenvalue weighted by atomic mass is 9.93. The molecule has 0 bridgehead atoms. The predicted octanol–water partition coefficient (Wildman–Crippen LogP) is 3.24. The number of carbonyl (C=O) groups excluding carboxylic acids is 1. The number of urea groups is 1. The summed E-state index contributed by atoms with van der Waals surface area (Å²) in [6, 6.07) is 7.54. The average Bonchev–Trinajstić information content (AvgIpc) is 3.19. The van der Waals surface area contributed by atoms with Gasteiger partial charge in [0.15, 0.2) is 5.82 Å². The summed E-state index contributed by atoms with van der Waals surface area (Å²) in [6.07, 6.45) is 3.02. The Bertz CT molecular complexity index is 1100. The maximum absolute atomic E-state index is 14.0. The molecule has 0 aliphatic carbocycles. The highest BCUT2D eigenvalue weighted by atomic mass is 35.5. The van der Waals surface area contributed by atoms with Gasteiger partial charge < -0.3 is 14.8 Å². The lowest BCUT2D eigenvalue weighted by Gasteiger charge is -2.33. The van der Waals surface area contributed by atoms with E-state index in [0.717, 1.165) is 11.3 Å². The van der Waals surface area contributed by atoms with E-state index < -0.39 is 5.82 Å². The minimum absolute atomic E-state index is 0.0345. The number of halogens is 2. The summed E-state index contributed by atoms with van der Waals surface area (Å²) in [5.41, 5.74) is 1.57. The molecule has 0 spiro atoms. The third-order valence-corrected chi connectivity index (χ3v) is 5.52. The number of hydrogen-bond acceptors (Lipinski definition) is 3. The van der Waals surface area contributed by atoms with Crippen molar-refractivity contribution in [3.63, 3.8) is 0 Å². The Morgan fingerprint density at radius 3 is 2.79 bits per heavy atom. The minimum atomic E-state index is -0.642. The molecule has 2 aromatic heterocycles. The van der Waals surface area contributed by atoms with Crippen LogP contribution in [-0.2, 0) is 7.05 Å². The van der Waals surface area contributed by atoms with Crippen LogP contribution in [0.4, 0.5) is 14.9 Å². The third-order valence-electron chi connectivity index (χ3n) is 5.23. The number of carbonyl (C=O) groups is 1. The van der Waals surface area contributed by atoms with Crippen molar-refractivity contribution < 1.29 is 9.18 Å². The van der Waals surface area contributed by atoms with Crippen LogP contribution in [0.15, 0.2) is 41.3 Å². The molecule has 2 amide bonds. The van der Waals surface area contributed by atoms with Gasteiger partial charge in [-0.3, -0.25) is 4.79 Å². The molecular formula is C19H19ClFN5O2. The van der Waals surface area contributed by atoms with Gasteiger partial charge in [-0.25, -0.2) is 9.18 Å². The van der Waals surface area contributed by atoms with Gasteiger partial charge in [-0.05, 0) is 25.0 Å². The standard InChI is InChI=1S/C19H19ClFN5O2/c1-24-15(11-17(27)26-16(24)5-8-22-26)12-6-9-25(10-7-12)19(28)23-14-4-2-3-13(20)18(14)21/h2-5,8,11-12H,6-7,9-10H2,1H3,(H,23,28). The number of anilines is 1. The number of piperidine rings is 1. The van der Waals surface area contributed by atoms with Gasteiger partial charge in [-0.15, -0.1) is 0 Å². The average molecular weight is 404 g/mol. The molecule has 0 unspecified atom stereocenters. The van der Waals surface area contributed by atoms with Crippen molar-refractivity contribution in [2.75, 3.05) is 18.4 Å². The highest BCUT2D eigenvalue weighted by molar-refractivity contribution is 6.31. The van der Waals surface area contributed by atoms with Crippen LogP contribution >= 0.6 is 11.6 Å². The molecule has 0 saturated carbocycles. The second-order valence-corrected chi connectivity index (χ2v) is 7.27. The lowest BCUT2D eigenvalue weighted by Crippen LogP contribution is -2.41. The zero-order valence-electron chi connectivity index (χ0n) is 15.2. The van der Waals surface area contributed by atoms with Gasteiger partial charge in [0.25, 0.3) is 5.56 Å². The predicted molar refractivity (Wildman–Crippen MR) is 104 cm³/mol. The molecule has 28 heavy (non-hydrogen) atoms. The van der Waals surface area contributed by atoms with Crippen molar-refractivity contribution in [1.82, 2.24) is 19.1 Å². The van der Waals surface area contributed by atoms with Gasteiger partial charge >= 0.3 is 6.03 Å². The lowest BCUT2D eigenvalue weighted by molar-refractivity contribution is 0.193. The molecule has 1 N–H and O–H groups in total. The third kappa shape index (κ3) is 3.24. The molecule has 0 radical (unpaired) electrons. The van der Waals surface area contributed by atoms with Crippen LogP contribution < -0.4 is 10.9 Å². The fourth-order valence-electron chi connectivity index (χ4n) is 3.70. The molecule has 1 aliphatic heterocycles. The van der Waals surface area contributed by atoms with Gasteiger partial charge in [-0.2, -0.15) is 9.61 Å². The molecule has 1 fully saturated rings. The molecule has 4 rings (SSSR count). The van der Waals surface area contributed by atoms with E-state index in [0.29, 0.717) is 25.9 Å². The first-order chi connectivity index (χ1) is 13.5. The van der Waals surface area contributed by atoms with Crippen molar-refractivity contribution >= 4 is 29.0 Å². The number of nitrogens with one attached hydrogen (secondary N) is 1. The highest BCUT2D eigenvalue weighted by Gasteiger charge is 2.26. The number of aromatic nitrogens is 3. The second kappa shape index (κ2) is 7.27. The van der Waals surface area contributed by atoms with Gasteiger partial charge in [0.1, 0.15) is 5.65 Å². The van der Waals surface area contributed by atoms with Crippen molar-refractivity contribution in [2.24, 2.45) is 7.05 Å². The molecule has 1 aromatic carbocycles. The van der Waals surface area contributed by atoms with Crippen LogP contribution in [0.3, 0.4) is 0 Å². The van der Waals surface area contributed by atoms with Gasteiger partial charge in [-0.1, -0.05) is 17.7 Å². The molecule has 1 saturated heterocycles. The van der Waals surface area contributed by atoms with E-state index in [1.165, 1.54) is 16.6 Å². The molecule has 0 atom stereocenters. The first-order valence-corrected chi connectivity index (χ1v) is 9.37. The summed E-state index contributed by atoms with van der Waals surface area (Å²) >= 11 is 5.76. The second-order valence-electron chi connectivity index (χ2n) is 6.86. The van der Waals surface area contributed by atoms with E-state index in [4.69, 9.17) is 11.6 Å². The van der Waals surface area contributed by atoms with E-state index in [9.17, 15) is 14.0 Å². The quantitative estimate of drug-likeness (QED) is 0.714. The monoisotopic (exact) mass is 403 g/mol. The molecule has 3 heterocycles.